The zero-order valence-corrected chi connectivity index (χ0v) is 17.7. The number of fused-ring (bicyclic) bond motifs is 1. The maximum Gasteiger partial charge on any atom is 0.223 e. The molecule has 0 spiro atoms. The molecule has 30 heavy (non-hydrogen) atoms. The van der Waals surface area contributed by atoms with E-state index in [0.717, 1.165) is 51.5 Å². The Labute approximate surface area is 179 Å². The number of rotatable bonds is 5. The fourth-order valence-corrected chi connectivity index (χ4v) is 4.22. The van der Waals surface area contributed by atoms with E-state index in [1.807, 2.05) is 24.1 Å². The fourth-order valence-electron chi connectivity index (χ4n) is 4.22. The van der Waals surface area contributed by atoms with Gasteiger partial charge in [0.25, 0.3) is 0 Å². The Kier molecular flexibility index (Phi) is 6.47. The second kappa shape index (κ2) is 9.61. The van der Waals surface area contributed by atoms with Gasteiger partial charge in [-0.15, -0.1) is 0 Å². The summed E-state index contributed by atoms with van der Waals surface area (Å²) in [6.45, 7) is 4.05. The molecule has 0 aliphatic carbocycles. The number of benzene rings is 2. The van der Waals surface area contributed by atoms with Gasteiger partial charge in [-0.2, -0.15) is 0 Å². The molecule has 1 N–H and O–H groups in total. The standard InChI is InChI=1S/C25H30N4O/c1-26-25(28-16-13-21(14-17-28)20-8-3-2-4-9-20)27-15-7-12-24(30)29-18-22-10-5-6-11-23(22)19-29/h2-6,8-11,13H,7,12,14-19H2,1H3,(H,26,27). The van der Waals surface area contributed by atoms with Crippen LogP contribution in [0.1, 0.15) is 36.0 Å². The number of nitrogens with one attached hydrogen (secondary N) is 1. The van der Waals surface area contributed by atoms with Crippen molar-refractivity contribution < 1.29 is 4.79 Å². The molecule has 2 aliphatic rings. The normalized spacial score (nSPS) is 16.3. The zero-order chi connectivity index (χ0) is 20.8. The quantitative estimate of drug-likeness (QED) is 0.472. The van der Waals surface area contributed by atoms with Crippen molar-refractivity contribution in [2.45, 2.75) is 32.4 Å². The molecule has 2 aromatic carbocycles. The van der Waals surface area contributed by atoms with Gasteiger partial charge >= 0.3 is 0 Å². The first-order valence-corrected chi connectivity index (χ1v) is 10.8. The molecular weight excluding hydrogens is 372 g/mol. The predicted molar refractivity (Wildman–Crippen MR) is 122 cm³/mol. The van der Waals surface area contributed by atoms with Crippen LogP contribution in [-0.2, 0) is 17.9 Å². The Morgan fingerprint density at radius 2 is 1.70 bits per heavy atom. The summed E-state index contributed by atoms with van der Waals surface area (Å²) in [6, 6.07) is 18.9. The lowest BCUT2D eigenvalue weighted by molar-refractivity contribution is -0.131. The van der Waals surface area contributed by atoms with Gasteiger partial charge in [0.15, 0.2) is 5.96 Å². The average molecular weight is 403 g/mol. The molecule has 0 aromatic heterocycles. The molecule has 2 aliphatic heterocycles. The number of nitrogens with zero attached hydrogens (tertiary/aromatic N) is 3. The molecule has 4 rings (SSSR count). The molecule has 2 aromatic rings. The topological polar surface area (TPSA) is 47.9 Å². The van der Waals surface area contributed by atoms with E-state index in [-0.39, 0.29) is 5.91 Å². The highest BCUT2D eigenvalue weighted by atomic mass is 16.2. The van der Waals surface area contributed by atoms with Crippen LogP contribution in [0.25, 0.3) is 5.57 Å². The van der Waals surface area contributed by atoms with Crippen molar-refractivity contribution in [3.05, 3.63) is 77.4 Å². The van der Waals surface area contributed by atoms with E-state index in [0.29, 0.717) is 6.42 Å². The van der Waals surface area contributed by atoms with Crippen LogP contribution in [0.4, 0.5) is 0 Å². The Bertz CT molecular complexity index is 910. The highest BCUT2D eigenvalue weighted by molar-refractivity contribution is 5.81. The molecule has 0 saturated carbocycles. The third-order valence-corrected chi connectivity index (χ3v) is 5.91. The molecule has 0 atom stereocenters. The SMILES string of the molecule is CN=C(NCCCC(=O)N1Cc2ccccc2C1)N1CC=C(c2ccccc2)CC1. The van der Waals surface area contributed by atoms with Gasteiger partial charge in [0.05, 0.1) is 0 Å². The van der Waals surface area contributed by atoms with Crippen molar-refractivity contribution in [2.75, 3.05) is 26.7 Å². The third kappa shape index (κ3) is 4.73. The minimum absolute atomic E-state index is 0.233. The summed E-state index contributed by atoms with van der Waals surface area (Å²) in [6.07, 6.45) is 4.68. The van der Waals surface area contributed by atoms with Crippen LogP contribution >= 0.6 is 0 Å². The number of hydrogen-bond donors (Lipinski definition) is 1. The maximum absolute atomic E-state index is 12.6. The highest BCUT2D eigenvalue weighted by Crippen LogP contribution is 2.23. The fraction of sp³-hybridized carbons (Fsp3) is 0.360. The van der Waals surface area contributed by atoms with Crippen molar-refractivity contribution in [3.8, 4) is 0 Å². The summed E-state index contributed by atoms with van der Waals surface area (Å²) in [5, 5.41) is 3.43. The third-order valence-electron chi connectivity index (χ3n) is 5.91. The van der Waals surface area contributed by atoms with E-state index in [9.17, 15) is 4.79 Å². The molecular formula is C25H30N4O. The van der Waals surface area contributed by atoms with E-state index in [1.54, 1.807) is 0 Å². The molecule has 1 amide bonds. The zero-order valence-electron chi connectivity index (χ0n) is 17.7. The number of carbonyl (C=O) groups excluding carboxylic acids is 1. The Hall–Kier alpha value is -3.08. The van der Waals surface area contributed by atoms with Crippen LogP contribution in [0.2, 0.25) is 0 Å². The number of guanidine groups is 1. The second-order valence-electron chi connectivity index (χ2n) is 7.89. The monoisotopic (exact) mass is 402 g/mol. The first-order valence-electron chi connectivity index (χ1n) is 10.8. The van der Waals surface area contributed by atoms with Gasteiger partial charge in [-0.05, 0) is 35.1 Å². The van der Waals surface area contributed by atoms with Crippen LogP contribution in [0, 0.1) is 0 Å². The Balaban J connectivity index is 1.20. The molecule has 0 saturated heterocycles. The van der Waals surface area contributed by atoms with Gasteiger partial charge in [-0.25, -0.2) is 0 Å². The van der Waals surface area contributed by atoms with Crippen LogP contribution in [0.3, 0.4) is 0 Å². The van der Waals surface area contributed by atoms with E-state index in [2.05, 4.69) is 63.7 Å². The first-order chi connectivity index (χ1) is 14.7. The molecule has 0 fully saturated rings. The molecule has 156 valence electrons. The van der Waals surface area contributed by atoms with Gasteiger partial charge in [-0.1, -0.05) is 60.7 Å². The highest BCUT2D eigenvalue weighted by Gasteiger charge is 2.22. The number of hydrogen-bond acceptors (Lipinski definition) is 2. The van der Waals surface area contributed by atoms with Crippen molar-refractivity contribution in [3.63, 3.8) is 0 Å². The largest absolute Gasteiger partial charge is 0.356 e. The van der Waals surface area contributed by atoms with Gasteiger partial charge in [-0.3, -0.25) is 9.79 Å². The number of carbonyl (C=O) groups is 1. The minimum atomic E-state index is 0.233. The lowest BCUT2D eigenvalue weighted by Gasteiger charge is -2.30. The lowest BCUT2D eigenvalue weighted by Crippen LogP contribution is -2.43. The van der Waals surface area contributed by atoms with Gasteiger partial charge in [0.1, 0.15) is 0 Å². The Morgan fingerprint density at radius 1 is 1.00 bits per heavy atom. The number of amides is 1. The molecule has 0 radical (unpaired) electrons. The van der Waals surface area contributed by atoms with Crippen LogP contribution < -0.4 is 5.32 Å². The molecule has 0 unspecified atom stereocenters. The minimum Gasteiger partial charge on any atom is -0.356 e. The predicted octanol–water partition coefficient (Wildman–Crippen LogP) is 3.67. The van der Waals surface area contributed by atoms with Crippen LogP contribution in [0.15, 0.2) is 65.7 Å². The smallest absolute Gasteiger partial charge is 0.223 e. The lowest BCUT2D eigenvalue weighted by atomic mass is 10.00. The summed E-state index contributed by atoms with van der Waals surface area (Å²) in [4.78, 5) is 21.2. The molecule has 0 bridgehead atoms. The molecule has 2 heterocycles. The van der Waals surface area contributed by atoms with E-state index >= 15 is 0 Å². The van der Waals surface area contributed by atoms with Gasteiger partial charge < -0.3 is 15.1 Å². The summed E-state index contributed by atoms with van der Waals surface area (Å²) in [7, 11) is 1.82. The second-order valence-corrected chi connectivity index (χ2v) is 7.89. The summed E-state index contributed by atoms with van der Waals surface area (Å²) >= 11 is 0. The van der Waals surface area contributed by atoms with Crippen molar-refractivity contribution in [2.24, 2.45) is 4.99 Å². The molecule has 5 heteroatoms. The molecule has 5 nitrogen and oxygen atoms in total. The van der Waals surface area contributed by atoms with E-state index in [1.165, 1.54) is 22.3 Å². The summed E-state index contributed by atoms with van der Waals surface area (Å²) in [5.74, 6) is 1.15. The summed E-state index contributed by atoms with van der Waals surface area (Å²) < 4.78 is 0. The van der Waals surface area contributed by atoms with Crippen molar-refractivity contribution in [1.82, 2.24) is 15.1 Å². The maximum atomic E-state index is 12.6. The summed E-state index contributed by atoms with van der Waals surface area (Å²) in [5.41, 5.74) is 5.26. The van der Waals surface area contributed by atoms with Gasteiger partial charge in [0, 0.05) is 46.2 Å². The number of aliphatic imine (C=N–C) groups is 1. The van der Waals surface area contributed by atoms with Gasteiger partial charge in [0.2, 0.25) is 5.91 Å². The average Bonchev–Trinajstić information content (AvgIpc) is 3.24. The van der Waals surface area contributed by atoms with Crippen molar-refractivity contribution in [1.29, 1.82) is 0 Å². The van der Waals surface area contributed by atoms with E-state index in [4.69, 9.17) is 0 Å². The Morgan fingerprint density at radius 3 is 2.33 bits per heavy atom. The van der Waals surface area contributed by atoms with E-state index < -0.39 is 0 Å². The van der Waals surface area contributed by atoms with Crippen molar-refractivity contribution >= 4 is 17.4 Å². The first kappa shape index (κ1) is 20.2. The van der Waals surface area contributed by atoms with Crippen LogP contribution in [0.5, 0.6) is 0 Å². The van der Waals surface area contributed by atoms with Crippen LogP contribution in [-0.4, -0.2) is 48.3 Å².